The van der Waals surface area contributed by atoms with Crippen molar-refractivity contribution in [1.82, 2.24) is 15.1 Å². The first-order valence-corrected chi connectivity index (χ1v) is 6.02. The van der Waals surface area contributed by atoms with Crippen LogP contribution < -0.4 is 10.2 Å². The molecule has 1 aromatic heterocycles. The maximum Gasteiger partial charge on any atom is 0.254 e. The molecule has 1 aliphatic rings. The number of aromatic nitrogens is 2. The van der Waals surface area contributed by atoms with Crippen LogP contribution in [0.1, 0.15) is 27.2 Å². The summed E-state index contributed by atoms with van der Waals surface area (Å²) in [4.78, 5) is 26.0. The molecule has 2 heterocycles. The molecule has 0 aliphatic carbocycles. The summed E-state index contributed by atoms with van der Waals surface area (Å²) in [7, 11) is 1.78. The molecule has 0 bridgehead atoms. The summed E-state index contributed by atoms with van der Waals surface area (Å²) in [5.74, 6) is 0.262. The van der Waals surface area contributed by atoms with Crippen molar-refractivity contribution < 1.29 is 9.59 Å². The molecule has 0 aromatic carbocycles. The van der Waals surface area contributed by atoms with Gasteiger partial charge in [0.15, 0.2) is 5.82 Å². The Hall–Kier alpha value is -1.85. The smallest absolute Gasteiger partial charge is 0.254 e. The summed E-state index contributed by atoms with van der Waals surface area (Å²) in [6.07, 6.45) is 2.32. The third-order valence-corrected chi connectivity index (χ3v) is 3.14. The fourth-order valence-corrected chi connectivity index (χ4v) is 2.17. The number of hydrogen-bond acceptors (Lipinski definition) is 3. The molecular weight excluding hydrogens is 232 g/mol. The molecule has 98 valence electrons. The average Bonchev–Trinajstić information content (AvgIpc) is 2.69. The summed E-state index contributed by atoms with van der Waals surface area (Å²) in [5.41, 5.74) is -0.889. The zero-order valence-electron chi connectivity index (χ0n) is 11.1. The first kappa shape index (κ1) is 12.6. The topological polar surface area (TPSA) is 67.2 Å². The summed E-state index contributed by atoms with van der Waals surface area (Å²) < 4.78 is 1.62. The van der Waals surface area contributed by atoms with Gasteiger partial charge in [-0.2, -0.15) is 5.10 Å². The third kappa shape index (κ3) is 1.87. The quantitative estimate of drug-likeness (QED) is 0.828. The zero-order chi connectivity index (χ0) is 13.5. The first-order valence-electron chi connectivity index (χ1n) is 6.02. The Labute approximate surface area is 106 Å². The molecule has 1 fully saturated rings. The van der Waals surface area contributed by atoms with Crippen LogP contribution in [0.15, 0.2) is 12.3 Å². The van der Waals surface area contributed by atoms with Gasteiger partial charge in [-0.1, -0.05) is 6.92 Å². The standard InChI is InChI=1S/C12H18N4O2/c1-5-8-10(17)13-12(2,3)11(18)16(8)9-6-7-15(4)14-9/h6-8H,5H2,1-4H3,(H,13,17). The molecule has 1 aromatic rings. The highest BCUT2D eigenvalue weighted by Crippen LogP contribution is 2.25. The van der Waals surface area contributed by atoms with E-state index in [-0.39, 0.29) is 11.8 Å². The number of hydrogen-bond donors (Lipinski definition) is 1. The lowest BCUT2D eigenvalue weighted by Gasteiger charge is -2.41. The summed E-state index contributed by atoms with van der Waals surface area (Å²) in [6.45, 7) is 5.29. The van der Waals surface area contributed by atoms with E-state index in [1.165, 1.54) is 4.90 Å². The molecular formula is C12H18N4O2. The van der Waals surface area contributed by atoms with Crippen LogP contribution in [-0.4, -0.2) is 33.2 Å². The van der Waals surface area contributed by atoms with Crippen molar-refractivity contribution in [3.05, 3.63) is 12.3 Å². The Kier molecular flexibility index (Phi) is 2.88. The lowest BCUT2D eigenvalue weighted by Crippen LogP contribution is -2.68. The number of nitrogens with one attached hydrogen (secondary N) is 1. The van der Waals surface area contributed by atoms with Gasteiger partial charge in [-0.15, -0.1) is 0 Å². The normalized spacial score (nSPS) is 23.1. The predicted octanol–water partition coefficient (Wildman–Crippen LogP) is 0.440. The van der Waals surface area contributed by atoms with Gasteiger partial charge in [-0.05, 0) is 20.3 Å². The van der Waals surface area contributed by atoms with Crippen LogP contribution in [0.5, 0.6) is 0 Å². The van der Waals surface area contributed by atoms with Crippen LogP contribution in [0.25, 0.3) is 0 Å². The van der Waals surface area contributed by atoms with Gasteiger partial charge in [0.1, 0.15) is 11.6 Å². The number of carbonyl (C=O) groups is 2. The van der Waals surface area contributed by atoms with Crippen molar-refractivity contribution in [2.75, 3.05) is 4.90 Å². The molecule has 1 aliphatic heterocycles. The minimum Gasteiger partial charge on any atom is -0.340 e. The average molecular weight is 250 g/mol. The van der Waals surface area contributed by atoms with E-state index in [2.05, 4.69) is 10.4 Å². The second-order valence-corrected chi connectivity index (χ2v) is 5.06. The van der Waals surface area contributed by atoms with Gasteiger partial charge >= 0.3 is 0 Å². The van der Waals surface area contributed by atoms with E-state index < -0.39 is 11.6 Å². The first-order chi connectivity index (χ1) is 8.36. The highest BCUT2D eigenvalue weighted by molar-refractivity contribution is 6.09. The van der Waals surface area contributed by atoms with Crippen molar-refractivity contribution in [3.63, 3.8) is 0 Å². The highest BCUT2D eigenvalue weighted by atomic mass is 16.2. The number of carbonyl (C=O) groups excluding carboxylic acids is 2. The lowest BCUT2D eigenvalue weighted by molar-refractivity contribution is -0.137. The number of rotatable bonds is 2. The van der Waals surface area contributed by atoms with Crippen LogP contribution in [-0.2, 0) is 16.6 Å². The fourth-order valence-electron chi connectivity index (χ4n) is 2.17. The Balaban J connectivity index is 2.45. The zero-order valence-corrected chi connectivity index (χ0v) is 11.1. The van der Waals surface area contributed by atoms with Gasteiger partial charge in [0, 0.05) is 19.3 Å². The van der Waals surface area contributed by atoms with E-state index in [4.69, 9.17) is 0 Å². The van der Waals surface area contributed by atoms with E-state index in [9.17, 15) is 9.59 Å². The summed E-state index contributed by atoms with van der Waals surface area (Å²) in [6, 6.07) is 1.26. The van der Waals surface area contributed by atoms with E-state index in [0.29, 0.717) is 12.2 Å². The molecule has 1 saturated heterocycles. The van der Waals surface area contributed by atoms with Crippen LogP contribution in [0.3, 0.4) is 0 Å². The van der Waals surface area contributed by atoms with Gasteiger partial charge in [-0.3, -0.25) is 19.2 Å². The molecule has 0 radical (unpaired) electrons. The van der Waals surface area contributed by atoms with E-state index in [1.54, 1.807) is 37.8 Å². The molecule has 1 unspecified atom stereocenters. The molecule has 6 heteroatoms. The Morgan fingerprint density at radius 2 is 2.11 bits per heavy atom. The fraction of sp³-hybridized carbons (Fsp3) is 0.583. The molecule has 2 rings (SSSR count). The Morgan fingerprint density at radius 3 is 2.61 bits per heavy atom. The Morgan fingerprint density at radius 1 is 1.44 bits per heavy atom. The number of piperazine rings is 1. The molecule has 0 saturated carbocycles. The van der Waals surface area contributed by atoms with Gasteiger partial charge in [0.2, 0.25) is 5.91 Å². The van der Waals surface area contributed by atoms with Crippen molar-refractivity contribution in [1.29, 1.82) is 0 Å². The second kappa shape index (κ2) is 4.12. The van der Waals surface area contributed by atoms with E-state index in [0.717, 1.165) is 0 Å². The van der Waals surface area contributed by atoms with Crippen LogP contribution in [0.4, 0.5) is 5.82 Å². The minimum atomic E-state index is -0.889. The number of nitrogens with zero attached hydrogens (tertiary/aromatic N) is 3. The second-order valence-electron chi connectivity index (χ2n) is 5.06. The molecule has 1 N–H and O–H groups in total. The van der Waals surface area contributed by atoms with Gasteiger partial charge in [0.25, 0.3) is 5.91 Å². The van der Waals surface area contributed by atoms with Crippen LogP contribution >= 0.6 is 0 Å². The van der Waals surface area contributed by atoms with Gasteiger partial charge in [0.05, 0.1) is 0 Å². The minimum absolute atomic E-state index is 0.132. The molecule has 6 nitrogen and oxygen atoms in total. The highest BCUT2D eigenvalue weighted by Gasteiger charge is 2.45. The lowest BCUT2D eigenvalue weighted by atomic mass is 9.96. The van der Waals surface area contributed by atoms with E-state index in [1.807, 2.05) is 6.92 Å². The van der Waals surface area contributed by atoms with Crippen molar-refractivity contribution in [2.45, 2.75) is 38.8 Å². The molecule has 0 spiro atoms. The van der Waals surface area contributed by atoms with E-state index >= 15 is 0 Å². The SMILES string of the molecule is CCC1C(=O)NC(C)(C)C(=O)N1c1ccn(C)n1. The van der Waals surface area contributed by atoms with Crippen LogP contribution in [0.2, 0.25) is 0 Å². The maximum atomic E-state index is 12.4. The molecule has 18 heavy (non-hydrogen) atoms. The maximum absolute atomic E-state index is 12.4. The number of amides is 2. The monoisotopic (exact) mass is 250 g/mol. The summed E-state index contributed by atoms with van der Waals surface area (Å²) >= 11 is 0. The molecule has 1 atom stereocenters. The third-order valence-electron chi connectivity index (χ3n) is 3.14. The van der Waals surface area contributed by atoms with Crippen molar-refractivity contribution in [2.24, 2.45) is 7.05 Å². The Bertz CT molecular complexity index is 492. The number of anilines is 1. The van der Waals surface area contributed by atoms with Crippen molar-refractivity contribution in [3.8, 4) is 0 Å². The van der Waals surface area contributed by atoms with Crippen LogP contribution in [0, 0.1) is 0 Å². The van der Waals surface area contributed by atoms with Gasteiger partial charge in [-0.25, -0.2) is 0 Å². The van der Waals surface area contributed by atoms with Gasteiger partial charge < -0.3 is 5.32 Å². The molecule has 2 amide bonds. The predicted molar refractivity (Wildman–Crippen MR) is 67.0 cm³/mol. The summed E-state index contributed by atoms with van der Waals surface area (Å²) in [5, 5.41) is 6.97. The largest absolute Gasteiger partial charge is 0.340 e. The van der Waals surface area contributed by atoms with Crippen molar-refractivity contribution >= 4 is 17.6 Å². The number of aryl methyl sites for hydroxylation is 1.